The van der Waals surface area contributed by atoms with E-state index in [0.717, 1.165) is 44.9 Å². The van der Waals surface area contributed by atoms with Gasteiger partial charge in [0, 0.05) is 6.42 Å². The van der Waals surface area contributed by atoms with Crippen molar-refractivity contribution in [1.29, 1.82) is 0 Å². The Labute approximate surface area is 175 Å². The van der Waals surface area contributed by atoms with Crippen LogP contribution >= 0.6 is 0 Å². The number of anilines is 1. The maximum absolute atomic E-state index is 12.0. The number of para-hydroxylation sites is 1. The Morgan fingerprint density at radius 1 is 0.862 bits per heavy atom. The molecule has 4 heteroatoms. The molecule has 1 amide bonds. The van der Waals surface area contributed by atoms with Crippen LogP contribution in [0.15, 0.2) is 60.7 Å². The first-order valence-electron chi connectivity index (χ1n) is 10.7. The van der Waals surface area contributed by atoms with Crippen LogP contribution in [0.5, 0.6) is 0 Å². The van der Waals surface area contributed by atoms with Crippen molar-refractivity contribution in [3.63, 3.8) is 0 Å². The summed E-state index contributed by atoms with van der Waals surface area (Å²) in [6, 6.07) is 6.48. The van der Waals surface area contributed by atoms with E-state index in [1.54, 1.807) is 18.2 Å². The summed E-state index contributed by atoms with van der Waals surface area (Å²) in [6.07, 6.45) is 23.2. The van der Waals surface area contributed by atoms with Gasteiger partial charge in [-0.05, 0) is 50.7 Å². The fourth-order valence-electron chi connectivity index (χ4n) is 2.90. The predicted octanol–water partition coefficient (Wildman–Crippen LogP) is 6.91. The molecule has 0 fully saturated rings. The number of nitrogens with one attached hydrogen (secondary N) is 1. The molecule has 0 aliphatic carbocycles. The van der Waals surface area contributed by atoms with Gasteiger partial charge in [0.25, 0.3) is 0 Å². The normalized spacial score (nSPS) is 11.6. The van der Waals surface area contributed by atoms with Crippen LogP contribution < -0.4 is 5.32 Å². The molecule has 0 saturated carbocycles. The van der Waals surface area contributed by atoms with Gasteiger partial charge in [-0.2, -0.15) is 0 Å². The Bertz CT molecular complexity index is 689. The van der Waals surface area contributed by atoms with Crippen LogP contribution in [0.2, 0.25) is 0 Å². The second-order valence-corrected chi connectivity index (χ2v) is 7.00. The molecule has 1 aromatic carbocycles. The number of benzene rings is 1. The number of carbonyl (C=O) groups excluding carboxylic acids is 1. The van der Waals surface area contributed by atoms with E-state index < -0.39 is 5.97 Å². The van der Waals surface area contributed by atoms with Crippen LogP contribution in [0.1, 0.15) is 81.5 Å². The van der Waals surface area contributed by atoms with Crippen molar-refractivity contribution in [2.24, 2.45) is 0 Å². The summed E-state index contributed by atoms with van der Waals surface area (Å²) in [5.74, 6) is -1.16. The van der Waals surface area contributed by atoms with E-state index in [2.05, 4.69) is 48.7 Å². The van der Waals surface area contributed by atoms with Crippen molar-refractivity contribution in [3.05, 3.63) is 66.3 Å². The number of amides is 1. The molecular formula is C25H35NO3. The van der Waals surface area contributed by atoms with Crippen molar-refractivity contribution in [1.82, 2.24) is 0 Å². The van der Waals surface area contributed by atoms with Crippen LogP contribution in [-0.2, 0) is 4.79 Å². The van der Waals surface area contributed by atoms with Gasteiger partial charge in [0.15, 0.2) is 0 Å². The zero-order valence-corrected chi connectivity index (χ0v) is 17.6. The Morgan fingerprint density at radius 3 is 2.21 bits per heavy atom. The molecule has 0 aliphatic heterocycles. The molecule has 2 N–H and O–H groups in total. The average molecular weight is 398 g/mol. The standard InChI is InChI=1S/C25H35NO3/c1-2-3-4-5-6-7-8-9-10-11-12-13-14-15-16-21-24(27)26-23-20-18-17-19-22(23)25(28)29/h3-4,6-7,9-10,17-20H,2,5,8,11-16,21H2,1H3,(H,26,27)(H,28,29). The Hall–Kier alpha value is -2.62. The minimum atomic E-state index is -1.03. The SMILES string of the molecule is CCC=CCC=CCC=CCCCCCCCC(=O)Nc1ccccc1C(=O)O. The zero-order valence-electron chi connectivity index (χ0n) is 17.6. The third kappa shape index (κ3) is 12.5. The summed E-state index contributed by atoms with van der Waals surface area (Å²) in [4.78, 5) is 23.1. The van der Waals surface area contributed by atoms with Crippen molar-refractivity contribution in [3.8, 4) is 0 Å². The van der Waals surface area contributed by atoms with E-state index in [1.807, 2.05) is 0 Å². The first-order chi connectivity index (χ1) is 14.1. The van der Waals surface area contributed by atoms with Gasteiger partial charge in [0.2, 0.25) is 5.91 Å². The summed E-state index contributed by atoms with van der Waals surface area (Å²) < 4.78 is 0. The van der Waals surface area contributed by atoms with Crippen LogP contribution in [0.25, 0.3) is 0 Å². The van der Waals surface area contributed by atoms with Gasteiger partial charge in [-0.15, -0.1) is 0 Å². The summed E-state index contributed by atoms with van der Waals surface area (Å²) in [5.41, 5.74) is 0.488. The van der Waals surface area contributed by atoms with Crippen LogP contribution in [0.4, 0.5) is 5.69 Å². The van der Waals surface area contributed by atoms with Gasteiger partial charge < -0.3 is 10.4 Å². The van der Waals surface area contributed by atoms with E-state index >= 15 is 0 Å². The Morgan fingerprint density at radius 2 is 1.48 bits per heavy atom. The van der Waals surface area contributed by atoms with E-state index in [1.165, 1.54) is 18.9 Å². The van der Waals surface area contributed by atoms with Gasteiger partial charge in [-0.3, -0.25) is 4.79 Å². The van der Waals surface area contributed by atoms with Crippen LogP contribution in [0, 0.1) is 0 Å². The fraction of sp³-hybridized carbons (Fsp3) is 0.440. The highest BCUT2D eigenvalue weighted by Crippen LogP contribution is 2.16. The molecule has 0 aliphatic rings. The van der Waals surface area contributed by atoms with Gasteiger partial charge in [0.05, 0.1) is 11.3 Å². The lowest BCUT2D eigenvalue weighted by Gasteiger charge is -2.08. The number of allylic oxidation sites excluding steroid dienone is 6. The van der Waals surface area contributed by atoms with Gasteiger partial charge in [0.1, 0.15) is 0 Å². The number of carbonyl (C=O) groups is 2. The van der Waals surface area contributed by atoms with Crippen LogP contribution in [0.3, 0.4) is 0 Å². The summed E-state index contributed by atoms with van der Waals surface area (Å²) in [7, 11) is 0. The van der Waals surface area contributed by atoms with Crippen molar-refractivity contribution >= 4 is 17.6 Å². The fourth-order valence-corrected chi connectivity index (χ4v) is 2.90. The maximum atomic E-state index is 12.0. The number of carboxylic acids is 1. The van der Waals surface area contributed by atoms with Gasteiger partial charge in [-0.1, -0.05) is 74.8 Å². The molecule has 0 radical (unpaired) electrons. The van der Waals surface area contributed by atoms with Gasteiger partial charge in [-0.25, -0.2) is 4.79 Å². The molecule has 0 bridgehead atoms. The number of carboxylic acid groups (broad SMARTS) is 1. The van der Waals surface area contributed by atoms with Crippen molar-refractivity contribution in [2.75, 3.05) is 5.32 Å². The molecular weight excluding hydrogens is 362 g/mol. The molecule has 1 rings (SSSR count). The second kappa shape index (κ2) is 16.3. The number of unbranched alkanes of at least 4 members (excludes halogenated alkanes) is 5. The molecule has 0 aromatic heterocycles. The smallest absolute Gasteiger partial charge is 0.337 e. The molecule has 0 spiro atoms. The molecule has 0 atom stereocenters. The molecule has 0 saturated heterocycles. The third-order valence-corrected chi connectivity index (χ3v) is 4.49. The third-order valence-electron chi connectivity index (χ3n) is 4.49. The second-order valence-electron chi connectivity index (χ2n) is 7.00. The molecule has 4 nitrogen and oxygen atoms in total. The van der Waals surface area contributed by atoms with Crippen LogP contribution in [-0.4, -0.2) is 17.0 Å². The van der Waals surface area contributed by atoms with E-state index in [9.17, 15) is 9.59 Å². The highest BCUT2D eigenvalue weighted by molar-refractivity contribution is 6.00. The zero-order chi connectivity index (χ0) is 21.2. The lowest BCUT2D eigenvalue weighted by Crippen LogP contribution is -2.14. The lowest BCUT2D eigenvalue weighted by molar-refractivity contribution is -0.116. The van der Waals surface area contributed by atoms with Gasteiger partial charge >= 0.3 is 5.97 Å². The summed E-state index contributed by atoms with van der Waals surface area (Å²) in [5, 5.41) is 11.8. The van der Waals surface area contributed by atoms with Crippen molar-refractivity contribution in [2.45, 2.75) is 71.1 Å². The number of rotatable bonds is 15. The highest BCUT2D eigenvalue weighted by atomic mass is 16.4. The summed E-state index contributed by atoms with van der Waals surface area (Å²) >= 11 is 0. The first kappa shape index (κ1) is 24.4. The number of hydrogen-bond donors (Lipinski definition) is 2. The Balaban J connectivity index is 2.03. The molecule has 0 heterocycles. The molecule has 158 valence electrons. The minimum absolute atomic E-state index is 0.123. The Kier molecular flexibility index (Phi) is 13.8. The number of hydrogen-bond acceptors (Lipinski definition) is 2. The van der Waals surface area contributed by atoms with E-state index in [-0.39, 0.29) is 11.5 Å². The summed E-state index contributed by atoms with van der Waals surface area (Å²) in [6.45, 7) is 2.14. The minimum Gasteiger partial charge on any atom is -0.478 e. The topological polar surface area (TPSA) is 66.4 Å². The molecule has 0 unspecified atom stereocenters. The predicted molar refractivity (Wildman–Crippen MR) is 121 cm³/mol. The highest BCUT2D eigenvalue weighted by Gasteiger charge is 2.11. The van der Waals surface area contributed by atoms with Crippen molar-refractivity contribution < 1.29 is 14.7 Å². The quantitative estimate of drug-likeness (QED) is 0.249. The largest absolute Gasteiger partial charge is 0.478 e. The number of aromatic carboxylic acids is 1. The van der Waals surface area contributed by atoms with E-state index in [4.69, 9.17) is 5.11 Å². The molecule has 1 aromatic rings. The molecule has 29 heavy (non-hydrogen) atoms. The maximum Gasteiger partial charge on any atom is 0.337 e. The van der Waals surface area contributed by atoms with E-state index in [0.29, 0.717) is 12.1 Å². The lowest BCUT2D eigenvalue weighted by atomic mass is 10.1. The first-order valence-corrected chi connectivity index (χ1v) is 10.7. The average Bonchev–Trinajstić information content (AvgIpc) is 2.71. The monoisotopic (exact) mass is 397 g/mol.